The van der Waals surface area contributed by atoms with E-state index in [-0.39, 0.29) is 36.6 Å². The largest absolute Gasteiger partial charge is 0.508 e. The van der Waals surface area contributed by atoms with Crippen molar-refractivity contribution in [2.45, 2.75) is 76.1 Å². The molecule has 0 spiro atoms. The van der Waals surface area contributed by atoms with Crippen molar-refractivity contribution in [3.05, 3.63) is 29.3 Å². The highest BCUT2D eigenvalue weighted by Crippen LogP contribution is 2.29. The molecule has 8 nitrogen and oxygen atoms in total. The van der Waals surface area contributed by atoms with Crippen molar-refractivity contribution in [3.8, 4) is 5.75 Å². The van der Waals surface area contributed by atoms with Crippen LogP contribution in [0.25, 0.3) is 0 Å². The van der Waals surface area contributed by atoms with E-state index in [0.717, 1.165) is 32.0 Å². The Balaban J connectivity index is 0.000000188. The Bertz CT molecular complexity index is 856. The van der Waals surface area contributed by atoms with E-state index in [4.69, 9.17) is 0 Å². The zero-order chi connectivity index (χ0) is 24.0. The summed E-state index contributed by atoms with van der Waals surface area (Å²) in [6, 6.07) is 4.78. The highest BCUT2D eigenvalue weighted by atomic mass is 127. The van der Waals surface area contributed by atoms with Crippen LogP contribution in [0.5, 0.6) is 5.75 Å². The minimum Gasteiger partial charge on any atom is -0.508 e. The topological polar surface area (TPSA) is 110 Å². The number of likely N-dealkylation sites (tertiary alicyclic amines) is 1. The molecule has 2 saturated heterocycles. The minimum absolute atomic E-state index is 0.0114. The van der Waals surface area contributed by atoms with E-state index in [1.54, 1.807) is 28.4 Å². The van der Waals surface area contributed by atoms with E-state index in [2.05, 4.69) is 15.9 Å². The van der Waals surface area contributed by atoms with Crippen LogP contribution in [-0.2, 0) is 16.1 Å². The van der Waals surface area contributed by atoms with Gasteiger partial charge >= 0.3 is 0 Å². The normalized spacial score (nSPS) is 23.9. The first kappa shape index (κ1) is 26.0. The van der Waals surface area contributed by atoms with E-state index in [1.807, 2.05) is 0 Å². The second kappa shape index (κ2) is 12.2. The van der Waals surface area contributed by atoms with Crippen LogP contribution in [0.3, 0.4) is 0 Å². The molecule has 0 bridgehead atoms. The average molecular weight is 567 g/mol. The Morgan fingerprint density at radius 2 is 1.67 bits per heavy atom. The van der Waals surface area contributed by atoms with Crippen LogP contribution in [0.15, 0.2) is 18.2 Å². The summed E-state index contributed by atoms with van der Waals surface area (Å²) in [6.07, 6.45) is 8.20. The van der Waals surface area contributed by atoms with Gasteiger partial charge in [0.15, 0.2) is 5.70 Å². The predicted octanol–water partition coefficient (Wildman–Crippen LogP) is 2.04. The first-order chi connectivity index (χ1) is 15.9. The number of phenolic OH excluding ortho intramolecular Hbond substituents is 1. The van der Waals surface area contributed by atoms with Gasteiger partial charge in [-0.05, 0) is 55.9 Å². The molecule has 3 heterocycles. The molecule has 5 rings (SSSR count). The van der Waals surface area contributed by atoms with Crippen LogP contribution in [0.2, 0.25) is 0 Å². The summed E-state index contributed by atoms with van der Waals surface area (Å²) in [6.45, 7) is 2.55. The molecule has 3 amide bonds. The van der Waals surface area contributed by atoms with Gasteiger partial charge in [-0.1, -0.05) is 12.8 Å². The molecule has 4 aliphatic rings. The first-order valence-electron chi connectivity index (χ1n) is 11.5. The molecule has 178 valence electrons. The van der Waals surface area contributed by atoms with Crippen molar-refractivity contribution in [1.82, 2.24) is 15.1 Å². The summed E-state index contributed by atoms with van der Waals surface area (Å²) in [7, 11) is 0. The second-order valence-electron chi connectivity index (χ2n) is 8.95. The molecule has 1 saturated carbocycles. The third kappa shape index (κ3) is 6.48. The number of piperidine rings is 2. The monoisotopic (exact) mass is 567 g/mol. The first-order valence-corrected chi connectivity index (χ1v) is 12.8. The maximum Gasteiger partial charge on any atom is 0.255 e. The summed E-state index contributed by atoms with van der Waals surface area (Å²) in [5.41, 5.74) is 5.68. The van der Waals surface area contributed by atoms with E-state index in [0.29, 0.717) is 17.5 Å². The maximum atomic E-state index is 12.2. The van der Waals surface area contributed by atoms with Gasteiger partial charge in [0.05, 0.1) is 6.10 Å². The number of fused-ring (bicyclic) bond motifs is 1. The number of amides is 3. The number of nitrogens with zero attached hydrogens (tertiary/aromatic N) is 2. The number of aliphatic hydroxyl groups is 1. The van der Waals surface area contributed by atoms with Gasteiger partial charge in [-0.25, -0.2) is 0 Å². The quantitative estimate of drug-likeness (QED) is 0.287. The summed E-state index contributed by atoms with van der Waals surface area (Å²) in [5.74, 6) is -0.870. The average Bonchev–Trinajstić information content (AvgIpc) is 3.45. The van der Waals surface area contributed by atoms with Gasteiger partial charge in [0.1, 0.15) is 11.8 Å². The second-order valence-corrected chi connectivity index (χ2v) is 8.95. The zero-order valence-corrected chi connectivity index (χ0v) is 20.9. The van der Waals surface area contributed by atoms with E-state index < -0.39 is 11.9 Å². The Kier molecular flexibility index (Phi) is 9.57. The number of phenols is 1. The van der Waals surface area contributed by atoms with Crippen molar-refractivity contribution < 1.29 is 24.6 Å². The van der Waals surface area contributed by atoms with E-state index >= 15 is 0 Å². The van der Waals surface area contributed by atoms with E-state index in [9.17, 15) is 24.6 Å². The Morgan fingerprint density at radius 3 is 2.30 bits per heavy atom. The van der Waals surface area contributed by atoms with Crippen LogP contribution in [0.1, 0.15) is 67.3 Å². The molecule has 2 radical (unpaired) electrons. The molecular formula is C23H31BIN3O5. The number of carbonyl (C=O) groups is 3. The van der Waals surface area contributed by atoms with Crippen molar-refractivity contribution in [3.63, 3.8) is 0 Å². The molecule has 3 aliphatic heterocycles. The molecule has 1 aromatic carbocycles. The van der Waals surface area contributed by atoms with Crippen LogP contribution in [0, 0.1) is 0 Å². The number of nitrogens with one attached hydrogen (secondary N) is 1. The summed E-state index contributed by atoms with van der Waals surface area (Å²) in [5, 5.41) is 21.0. The van der Waals surface area contributed by atoms with Gasteiger partial charge in [-0.3, -0.25) is 19.7 Å². The highest BCUT2D eigenvalue weighted by molar-refractivity contribution is 14.1. The van der Waals surface area contributed by atoms with Crippen molar-refractivity contribution >= 4 is 45.8 Å². The number of benzene rings is 1. The number of halogens is 1. The van der Waals surface area contributed by atoms with Crippen molar-refractivity contribution in [1.29, 1.82) is 0 Å². The molecule has 3 N–H and O–H groups in total. The Hall–Kier alpha value is -1.66. The zero-order valence-electron chi connectivity index (χ0n) is 18.7. The fraction of sp³-hybridized carbons (Fsp3) is 0.609. The molecule has 1 atom stereocenters. The van der Waals surface area contributed by atoms with Gasteiger partial charge < -0.3 is 20.0 Å². The maximum absolute atomic E-state index is 12.2. The van der Waals surface area contributed by atoms with E-state index in [1.165, 1.54) is 42.7 Å². The predicted molar refractivity (Wildman–Crippen MR) is 133 cm³/mol. The molecule has 3 fully saturated rings. The smallest absolute Gasteiger partial charge is 0.255 e. The molecule has 1 unspecified atom stereocenters. The Morgan fingerprint density at radius 1 is 1.00 bits per heavy atom. The molecule has 0 aromatic heterocycles. The summed E-state index contributed by atoms with van der Waals surface area (Å²) >= 11 is 1.65. The Labute approximate surface area is 209 Å². The standard InChI is InChI=1S/C13H12N2O4.C10H19NO.BI/c16-8-1-2-9-7(5-8)6-15(13(9)19)10-3-4-11(17)14-12(10)18;12-10-5-7-11(8-6-10)9-3-1-2-4-9;1-2/h1-2,5,10,16H,3-4,6H2,(H,14,17,18);9-10,12H,1-8H2;. The van der Waals surface area contributed by atoms with Gasteiger partial charge in [-0.2, -0.15) is 22.4 Å². The molecule has 1 aromatic rings. The molecule has 10 heteroatoms. The van der Waals surface area contributed by atoms with Crippen molar-refractivity contribution in [2.75, 3.05) is 13.1 Å². The fourth-order valence-electron chi connectivity index (χ4n) is 5.08. The van der Waals surface area contributed by atoms with Crippen LogP contribution < -0.4 is 5.32 Å². The molecular weight excluding hydrogens is 536 g/mol. The summed E-state index contributed by atoms with van der Waals surface area (Å²) in [4.78, 5) is 39.1. The molecule has 33 heavy (non-hydrogen) atoms. The number of hydrogen-bond acceptors (Lipinski definition) is 6. The third-order valence-corrected chi connectivity index (χ3v) is 6.85. The summed E-state index contributed by atoms with van der Waals surface area (Å²) < 4.78 is 0. The van der Waals surface area contributed by atoms with Crippen LogP contribution in [-0.4, -0.2) is 74.7 Å². The molecule has 1 aliphatic carbocycles. The lowest BCUT2D eigenvalue weighted by atomic mass is 10.0. The van der Waals surface area contributed by atoms with Gasteiger partial charge in [0.25, 0.3) is 5.91 Å². The number of aromatic hydroxyl groups is 1. The lowest BCUT2D eigenvalue weighted by Gasteiger charge is -2.34. The SMILES string of the molecule is O=C1CCC(N2Cc3cc(O)ccc3C2=O)C(=O)N1.OC1CCN(C2CCCC2)CC1.[B]I. The number of carbonyl (C=O) groups excluding carboxylic acids is 3. The number of hydrogen-bond donors (Lipinski definition) is 3. The lowest BCUT2D eigenvalue weighted by Crippen LogP contribution is -2.52. The van der Waals surface area contributed by atoms with Crippen molar-refractivity contribution in [2.24, 2.45) is 0 Å². The van der Waals surface area contributed by atoms with Gasteiger partial charge in [0, 0.05) is 37.7 Å². The minimum atomic E-state index is -0.611. The van der Waals surface area contributed by atoms with Crippen LogP contribution in [0.4, 0.5) is 0 Å². The van der Waals surface area contributed by atoms with Gasteiger partial charge in [-0.15, -0.1) is 0 Å². The fourth-order valence-corrected chi connectivity index (χ4v) is 5.08. The lowest BCUT2D eigenvalue weighted by molar-refractivity contribution is -0.136. The van der Waals surface area contributed by atoms with Gasteiger partial charge in [0.2, 0.25) is 11.8 Å². The number of aliphatic hydroxyl groups excluding tert-OH is 1. The highest BCUT2D eigenvalue weighted by Gasteiger charge is 2.39. The van der Waals surface area contributed by atoms with Crippen LogP contribution >= 0.6 is 22.4 Å². The third-order valence-electron chi connectivity index (χ3n) is 6.85. The number of rotatable bonds is 2. The number of imide groups is 1.